The van der Waals surface area contributed by atoms with Gasteiger partial charge in [-0.15, -0.1) is 0 Å². The van der Waals surface area contributed by atoms with Gasteiger partial charge in [0.05, 0.1) is 5.69 Å². The Bertz CT molecular complexity index is 695. The zero-order chi connectivity index (χ0) is 18.1. The predicted molar refractivity (Wildman–Crippen MR) is 95.4 cm³/mol. The molecular weight excluding hydrogens is 302 g/mol. The molecule has 1 heterocycles. The molecule has 130 valence electrons. The van der Waals surface area contributed by atoms with E-state index in [2.05, 4.69) is 46.5 Å². The molecule has 0 amide bonds. The van der Waals surface area contributed by atoms with Crippen LogP contribution in [0.1, 0.15) is 64.8 Å². The number of rotatable bonds is 4. The first-order chi connectivity index (χ1) is 11.0. The zero-order valence-corrected chi connectivity index (χ0v) is 15.4. The number of hydrogen-bond donors (Lipinski definition) is 1. The SMILES string of the molecule is CC(C)(C)c1cc(-c2nc(CCC=O)co2)cc(C(C)(C)C)c1O. The lowest BCUT2D eigenvalue weighted by molar-refractivity contribution is -0.107. The molecule has 0 radical (unpaired) electrons. The summed E-state index contributed by atoms with van der Waals surface area (Å²) in [5.74, 6) is 0.860. The highest BCUT2D eigenvalue weighted by Gasteiger charge is 2.27. The zero-order valence-electron chi connectivity index (χ0n) is 15.4. The van der Waals surface area contributed by atoms with E-state index in [-0.39, 0.29) is 10.8 Å². The third-order valence-corrected chi connectivity index (χ3v) is 4.04. The topological polar surface area (TPSA) is 63.3 Å². The number of aromatic nitrogens is 1. The Morgan fingerprint density at radius 3 is 2.08 bits per heavy atom. The van der Waals surface area contributed by atoms with Crippen molar-refractivity contribution in [2.75, 3.05) is 0 Å². The van der Waals surface area contributed by atoms with Gasteiger partial charge >= 0.3 is 0 Å². The van der Waals surface area contributed by atoms with Gasteiger partial charge in [-0.3, -0.25) is 0 Å². The molecule has 1 aromatic heterocycles. The summed E-state index contributed by atoms with van der Waals surface area (Å²) in [5.41, 5.74) is 2.95. The predicted octanol–water partition coefficient (Wildman–Crippen LogP) is 4.77. The Kier molecular flexibility index (Phi) is 4.88. The Labute approximate surface area is 143 Å². The van der Waals surface area contributed by atoms with E-state index < -0.39 is 0 Å². The molecule has 24 heavy (non-hydrogen) atoms. The summed E-state index contributed by atoms with van der Waals surface area (Å²) in [4.78, 5) is 15.0. The first kappa shape index (κ1) is 18.2. The van der Waals surface area contributed by atoms with Crippen LogP contribution in [0.15, 0.2) is 22.8 Å². The average Bonchev–Trinajstić information content (AvgIpc) is 2.91. The first-order valence-corrected chi connectivity index (χ1v) is 8.30. The molecule has 0 unspecified atom stereocenters. The number of aldehydes is 1. The number of hydrogen-bond acceptors (Lipinski definition) is 4. The number of aryl methyl sites for hydroxylation is 1. The van der Waals surface area contributed by atoms with E-state index in [0.29, 0.717) is 24.5 Å². The Morgan fingerprint density at radius 1 is 1.08 bits per heavy atom. The van der Waals surface area contributed by atoms with Gasteiger partial charge in [0.2, 0.25) is 5.89 Å². The number of carbonyl (C=O) groups excluding carboxylic acids is 1. The van der Waals surface area contributed by atoms with Gasteiger partial charge in [0, 0.05) is 23.1 Å². The van der Waals surface area contributed by atoms with Crippen LogP contribution < -0.4 is 0 Å². The third-order valence-electron chi connectivity index (χ3n) is 4.04. The van der Waals surface area contributed by atoms with Crippen LogP contribution in [0.4, 0.5) is 0 Å². The summed E-state index contributed by atoms with van der Waals surface area (Å²) < 4.78 is 5.61. The van der Waals surface area contributed by atoms with Crippen LogP contribution in [0.3, 0.4) is 0 Å². The van der Waals surface area contributed by atoms with Crippen LogP contribution >= 0.6 is 0 Å². The Balaban J connectivity index is 2.58. The summed E-state index contributed by atoms with van der Waals surface area (Å²) in [6.45, 7) is 12.4. The van der Waals surface area contributed by atoms with Crippen molar-refractivity contribution in [1.82, 2.24) is 4.98 Å². The van der Waals surface area contributed by atoms with Crippen LogP contribution in [0.25, 0.3) is 11.5 Å². The van der Waals surface area contributed by atoms with Crippen LogP contribution in [-0.4, -0.2) is 16.4 Å². The lowest BCUT2D eigenvalue weighted by atomic mass is 9.78. The van der Waals surface area contributed by atoms with E-state index in [1.165, 1.54) is 0 Å². The molecule has 0 aliphatic heterocycles. The largest absolute Gasteiger partial charge is 0.507 e. The van der Waals surface area contributed by atoms with Gasteiger partial charge in [-0.2, -0.15) is 0 Å². The monoisotopic (exact) mass is 329 g/mol. The van der Waals surface area contributed by atoms with E-state index in [1.807, 2.05) is 12.1 Å². The minimum Gasteiger partial charge on any atom is -0.507 e. The Hall–Kier alpha value is -2.10. The molecule has 2 rings (SSSR count). The maximum atomic E-state index is 10.8. The number of aromatic hydroxyl groups is 1. The molecular formula is C20H27NO3. The fourth-order valence-corrected chi connectivity index (χ4v) is 2.66. The highest BCUT2D eigenvalue weighted by atomic mass is 16.3. The second-order valence-electron chi connectivity index (χ2n) is 8.27. The van der Waals surface area contributed by atoms with Crippen LogP contribution in [-0.2, 0) is 22.0 Å². The maximum Gasteiger partial charge on any atom is 0.226 e. The lowest BCUT2D eigenvalue weighted by Gasteiger charge is -2.27. The molecule has 0 fully saturated rings. The molecule has 1 aromatic carbocycles. The molecule has 4 nitrogen and oxygen atoms in total. The van der Waals surface area contributed by atoms with Crippen LogP contribution in [0, 0.1) is 0 Å². The van der Waals surface area contributed by atoms with Gasteiger partial charge in [-0.05, 0) is 29.4 Å². The van der Waals surface area contributed by atoms with E-state index in [1.54, 1.807) is 6.26 Å². The summed E-state index contributed by atoms with van der Waals surface area (Å²) >= 11 is 0. The van der Waals surface area contributed by atoms with E-state index >= 15 is 0 Å². The van der Waals surface area contributed by atoms with Gasteiger partial charge in [0.1, 0.15) is 18.3 Å². The summed E-state index contributed by atoms with van der Waals surface area (Å²) in [7, 11) is 0. The average molecular weight is 329 g/mol. The molecule has 0 aliphatic carbocycles. The van der Waals surface area contributed by atoms with Crippen molar-refractivity contribution < 1.29 is 14.3 Å². The molecule has 0 spiro atoms. The van der Waals surface area contributed by atoms with Crippen molar-refractivity contribution in [3.8, 4) is 17.2 Å². The minimum atomic E-state index is -0.201. The van der Waals surface area contributed by atoms with Gasteiger partial charge in [-0.1, -0.05) is 41.5 Å². The summed E-state index contributed by atoms with van der Waals surface area (Å²) in [5, 5.41) is 10.8. The number of benzene rings is 1. The second-order valence-corrected chi connectivity index (χ2v) is 8.27. The Morgan fingerprint density at radius 2 is 1.62 bits per heavy atom. The second kappa shape index (κ2) is 6.42. The van der Waals surface area contributed by atoms with E-state index in [9.17, 15) is 9.90 Å². The maximum absolute atomic E-state index is 10.8. The molecule has 1 N–H and O–H groups in total. The van der Waals surface area contributed by atoms with Crippen LogP contribution in [0.2, 0.25) is 0 Å². The molecule has 0 bridgehead atoms. The van der Waals surface area contributed by atoms with E-state index in [0.717, 1.165) is 28.7 Å². The van der Waals surface area contributed by atoms with Crippen molar-refractivity contribution in [2.45, 2.75) is 65.2 Å². The quantitative estimate of drug-likeness (QED) is 0.820. The first-order valence-electron chi connectivity index (χ1n) is 8.30. The van der Waals surface area contributed by atoms with Crippen molar-refractivity contribution in [3.63, 3.8) is 0 Å². The van der Waals surface area contributed by atoms with Gasteiger partial charge in [0.25, 0.3) is 0 Å². The smallest absolute Gasteiger partial charge is 0.226 e. The van der Waals surface area contributed by atoms with Crippen molar-refractivity contribution in [1.29, 1.82) is 0 Å². The highest BCUT2D eigenvalue weighted by molar-refractivity contribution is 5.63. The van der Waals surface area contributed by atoms with Crippen molar-refractivity contribution in [3.05, 3.63) is 35.2 Å². The van der Waals surface area contributed by atoms with Crippen molar-refractivity contribution >= 4 is 6.29 Å². The third kappa shape index (κ3) is 3.86. The fourth-order valence-electron chi connectivity index (χ4n) is 2.66. The number of carbonyl (C=O) groups is 1. The number of oxazole rings is 1. The lowest BCUT2D eigenvalue weighted by Crippen LogP contribution is -2.17. The molecule has 0 aliphatic rings. The molecule has 0 saturated heterocycles. The molecule has 4 heteroatoms. The normalized spacial score (nSPS) is 12.4. The number of phenols is 1. The van der Waals surface area contributed by atoms with Gasteiger partial charge in [-0.25, -0.2) is 4.98 Å². The summed E-state index contributed by atoms with van der Waals surface area (Å²) in [6, 6.07) is 3.89. The van der Waals surface area contributed by atoms with Crippen molar-refractivity contribution in [2.24, 2.45) is 0 Å². The highest BCUT2D eigenvalue weighted by Crippen LogP contribution is 2.41. The van der Waals surface area contributed by atoms with Crippen LogP contribution in [0.5, 0.6) is 5.75 Å². The standard InChI is InChI=1S/C20H27NO3/c1-19(2,3)15-10-13(11-16(17(15)23)20(4,5)6)18-21-14(12-24-18)8-7-9-22/h9-12,23H,7-8H2,1-6H3. The fraction of sp³-hybridized carbons (Fsp3) is 0.500. The minimum absolute atomic E-state index is 0.201. The summed E-state index contributed by atoms with van der Waals surface area (Å²) in [6.07, 6.45) is 3.48. The van der Waals surface area contributed by atoms with E-state index in [4.69, 9.17) is 4.42 Å². The molecule has 0 atom stereocenters. The van der Waals surface area contributed by atoms with Gasteiger partial charge < -0.3 is 14.3 Å². The number of nitrogens with zero attached hydrogens (tertiary/aromatic N) is 1. The number of phenolic OH excluding ortho intramolecular Hbond substituents is 1. The molecule has 2 aromatic rings. The molecule has 0 saturated carbocycles. The van der Waals surface area contributed by atoms with Gasteiger partial charge in [0.15, 0.2) is 0 Å².